The van der Waals surface area contributed by atoms with Crippen molar-refractivity contribution in [2.75, 3.05) is 19.8 Å². The Morgan fingerprint density at radius 1 is 1.54 bits per heavy atom. The van der Waals surface area contributed by atoms with Crippen LogP contribution >= 0.6 is 0 Å². The fourth-order valence-corrected chi connectivity index (χ4v) is 1.59. The average molecular weight is 181 g/mol. The Kier molecular flexibility index (Phi) is 2.21. The Labute approximate surface area is 76.7 Å². The van der Waals surface area contributed by atoms with Gasteiger partial charge in [-0.05, 0) is 12.8 Å². The summed E-state index contributed by atoms with van der Waals surface area (Å²) in [6, 6.07) is 0. The molecule has 70 valence electrons. The lowest BCUT2D eigenvalue weighted by Gasteiger charge is -2.12. The molecule has 0 radical (unpaired) electrons. The van der Waals surface area contributed by atoms with Crippen LogP contribution in [0.5, 0.6) is 0 Å². The zero-order valence-electron chi connectivity index (χ0n) is 7.45. The molecule has 0 spiro atoms. The lowest BCUT2D eigenvalue weighted by Crippen LogP contribution is -2.27. The summed E-state index contributed by atoms with van der Waals surface area (Å²) in [6.45, 7) is 3.53. The average Bonchev–Trinajstić information content (AvgIpc) is 2.61. The van der Waals surface area contributed by atoms with Crippen molar-refractivity contribution < 1.29 is 14.4 Å². The second kappa shape index (κ2) is 3.36. The van der Waals surface area contributed by atoms with Crippen molar-refractivity contribution in [3.63, 3.8) is 0 Å². The van der Waals surface area contributed by atoms with Crippen LogP contribution in [-0.4, -0.2) is 36.8 Å². The first-order valence-electron chi connectivity index (χ1n) is 4.30. The smallest absolute Gasteiger partial charge is 0.322 e. The van der Waals surface area contributed by atoms with Gasteiger partial charge in [0.25, 0.3) is 0 Å². The number of ether oxygens (including phenoxy) is 1. The lowest BCUT2D eigenvalue weighted by atomic mass is 10.1. The Morgan fingerprint density at radius 2 is 2.38 bits per heavy atom. The van der Waals surface area contributed by atoms with Crippen LogP contribution in [0.25, 0.3) is 0 Å². The molecule has 2 aliphatic heterocycles. The van der Waals surface area contributed by atoms with Crippen LogP contribution in [0.1, 0.15) is 6.92 Å². The molecular formula is C9H11NO3. The van der Waals surface area contributed by atoms with Crippen molar-refractivity contribution in [1.29, 1.82) is 0 Å². The van der Waals surface area contributed by atoms with E-state index in [4.69, 9.17) is 9.57 Å². The van der Waals surface area contributed by atoms with Gasteiger partial charge in [-0.15, -0.1) is 0 Å². The molecule has 2 rings (SSSR count). The third-order valence-electron chi connectivity index (χ3n) is 2.26. The van der Waals surface area contributed by atoms with Gasteiger partial charge in [0.1, 0.15) is 6.10 Å². The Balaban J connectivity index is 1.97. The molecule has 1 amide bonds. The Bertz CT molecular complexity index is 266. The summed E-state index contributed by atoms with van der Waals surface area (Å²) in [4.78, 5) is 16.6. The molecule has 0 unspecified atom stereocenters. The standard InChI is InChI=1S/C9H11NO3/c1-2-3-9(11)10-4-7-5-12-6-8(7)13-10/h7-8H,4-6H2,1H3/t7-,8+/m1/s1. The van der Waals surface area contributed by atoms with E-state index in [1.165, 1.54) is 5.06 Å². The quantitative estimate of drug-likeness (QED) is 0.486. The van der Waals surface area contributed by atoms with Gasteiger partial charge in [0, 0.05) is 5.92 Å². The fraction of sp³-hybridized carbons (Fsp3) is 0.667. The maximum Gasteiger partial charge on any atom is 0.322 e. The minimum Gasteiger partial charge on any atom is -0.378 e. The van der Waals surface area contributed by atoms with Crippen LogP contribution in [0.2, 0.25) is 0 Å². The second-order valence-corrected chi connectivity index (χ2v) is 3.18. The number of carbonyl (C=O) groups excluding carboxylic acids is 1. The first-order valence-corrected chi connectivity index (χ1v) is 4.30. The van der Waals surface area contributed by atoms with E-state index < -0.39 is 0 Å². The second-order valence-electron chi connectivity index (χ2n) is 3.18. The summed E-state index contributed by atoms with van der Waals surface area (Å²) in [5, 5.41) is 1.34. The predicted octanol–water partition coefficient (Wildman–Crippen LogP) is -0.202. The van der Waals surface area contributed by atoms with Crippen molar-refractivity contribution in [2.24, 2.45) is 5.92 Å². The van der Waals surface area contributed by atoms with Crippen molar-refractivity contribution in [3.05, 3.63) is 0 Å². The van der Waals surface area contributed by atoms with Gasteiger partial charge in [0.05, 0.1) is 19.8 Å². The van der Waals surface area contributed by atoms with Crippen LogP contribution < -0.4 is 0 Å². The highest BCUT2D eigenvalue weighted by Crippen LogP contribution is 2.25. The van der Waals surface area contributed by atoms with Crippen LogP contribution in [0.3, 0.4) is 0 Å². The molecular weight excluding hydrogens is 170 g/mol. The predicted molar refractivity (Wildman–Crippen MR) is 44.3 cm³/mol. The van der Waals surface area contributed by atoms with Gasteiger partial charge in [-0.2, -0.15) is 0 Å². The summed E-state index contributed by atoms with van der Waals surface area (Å²) >= 11 is 0. The van der Waals surface area contributed by atoms with Gasteiger partial charge in [-0.25, -0.2) is 5.06 Å². The summed E-state index contributed by atoms with van der Waals surface area (Å²) < 4.78 is 5.20. The van der Waals surface area contributed by atoms with Crippen molar-refractivity contribution >= 4 is 5.91 Å². The van der Waals surface area contributed by atoms with Gasteiger partial charge in [-0.3, -0.25) is 9.63 Å². The Hall–Kier alpha value is -1.05. The van der Waals surface area contributed by atoms with Crippen molar-refractivity contribution in [3.8, 4) is 11.8 Å². The molecule has 0 bridgehead atoms. The number of hydrogen-bond acceptors (Lipinski definition) is 3. The zero-order valence-corrected chi connectivity index (χ0v) is 7.45. The third-order valence-corrected chi connectivity index (χ3v) is 2.26. The van der Waals surface area contributed by atoms with Gasteiger partial charge in [-0.1, -0.05) is 5.92 Å². The van der Waals surface area contributed by atoms with Crippen molar-refractivity contribution in [2.45, 2.75) is 13.0 Å². The molecule has 2 aliphatic rings. The Morgan fingerprint density at radius 3 is 3.08 bits per heavy atom. The molecule has 2 heterocycles. The maximum atomic E-state index is 11.3. The van der Waals surface area contributed by atoms with Gasteiger partial charge in [0.2, 0.25) is 0 Å². The summed E-state index contributed by atoms with van der Waals surface area (Å²) in [5.74, 6) is 5.09. The number of hydrogen-bond donors (Lipinski definition) is 0. The monoisotopic (exact) mass is 181 g/mol. The minimum atomic E-state index is -0.253. The highest BCUT2D eigenvalue weighted by Gasteiger charge is 2.40. The largest absolute Gasteiger partial charge is 0.378 e. The van der Waals surface area contributed by atoms with E-state index in [2.05, 4.69) is 11.8 Å². The first-order chi connectivity index (χ1) is 6.31. The molecule has 4 nitrogen and oxygen atoms in total. The molecule has 0 aliphatic carbocycles. The number of nitrogens with zero attached hydrogens (tertiary/aromatic N) is 1. The maximum absolute atomic E-state index is 11.3. The fourth-order valence-electron chi connectivity index (χ4n) is 1.59. The highest BCUT2D eigenvalue weighted by atomic mass is 16.7. The molecule has 0 N–H and O–H groups in total. The molecule has 0 aromatic heterocycles. The molecule has 0 aromatic rings. The lowest BCUT2D eigenvalue weighted by molar-refractivity contribution is -0.176. The van der Waals surface area contributed by atoms with Crippen LogP contribution in [-0.2, 0) is 14.4 Å². The van der Waals surface area contributed by atoms with Crippen LogP contribution in [0, 0.1) is 17.8 Å². The molecule has 2 fully saturated rings. The zero-order chi connectivity index (χ0) is 9.26. The summed E-state index contributed by atoms with van der Waals surface area (Å²) in [5.41, 5.74) is 0. The molecule has 0 saturated carbocycles. The van der Waals surface area contributed by atoms with Crippen LogP contribution in [0.4, 0.5) is 0 Å². The van der Waals surface area contributed by atoms with E-state index in [1.54, 1.807) is 6.92 Å². The topological polar surface area (TPSA) is 38.8 Å². The van der Waals surface area contributed by atoms with E-state index in [0.29, 0.717) is 25.7 Å². The van der Waals surface area contributed by atoms with E-state index in [0.717, 1.165) is 0 Å². The van der Waals surface area contributed by atoms with E-state index in [1.807, 2.05) is 0 Å². The SMILES string of the molecule is CC#CC(=O)N1C[C@@H]2COC[C@@H]2O1. The highest BCUT2D eigenvalue weighted by molar-refractivity contribution is 5.92. The van der Waals surface area contributed by atoms with E-state index in [9.17, 15) is 4.79 Å². The van der Waals surface area contributed by atoms with Crippen molar-refractivity contribution in [1.82, 2.24) is 5.06 Å². The molecule has 0 aromatic carbocycles. The third kappa shape index (κ3) is 1.53. The minimum absolute atomic E-state index is 0.0580. The number of rotatable bonds is 0. The number of hydroxylamine groups is 2. The molecule has 2 saturated heterocycles. The molecule has 2 atom stereocenters. The number of carbonyl (C=O) groups is 1. The van der Waals surface area contributed by atoms with Crippen LogP contribution in [0.15, 0.2) is 0 Å². The first kappa shape index (κ1) is 8.54. The summed E-state index contributed by atoms with van der Waals surface area (Å²) in [6.07, 6.45) is 0.0580. The normalized spacial score (nSPS) is 31.0. The number of fused-ring (bicyclic) bond motifs is 1. The van der Waals surface area contributed by atoms with Gasteiger partial charge in [0.15, 0.2) is 0 Å². The summed E-state index contributed by atoms with van der Waals surface area (Å²) in [7, 11) is 0. The van der Waals surface area contributed by atoms with E-state index in [-0.39, 0.29) is 12.0 Å². The molecule has 13 heavy (non-hydrogen) atoms. The molecule has 4 heteroatoms. The number of amides is 1. The van der Waals surface area contributed by atoms with E-state index >= 15 is 0 Å². The van der Waals surface area contributed by atoms with Gasteiger partial charge >= 0.3 is 5.91 Å². The van der Waals surface area contributed by atoms with Gasteiger partial charge < -0.3 is 4.74 Å².